The van der Waals surface area contributed by atoms with Crippen molar-refractivity contribution >= 4 is 23.5 Å². The number of nitrogens with zero attached hydrogens (tertiary/aromatic N) is 1. The van der Waals surface area contributed by atoms with Gasteiger partial charge in [0.25, 0.3) is 0 Å². The van der Waals surface area contributed by atoms with E-state index >= 15 is 0 Å². The summed E-state index contributed by atoms with van der Waals surface area (Å²) in [5.74, 6) is -4.38. The van der Waals surface area contributed by atoms with Gasteiger partial charge in [-0.3, -0.25) is 4.79 Å². The number of rotatable bonds is 7. The van der Waals surface area contributed by atoms with E-state index < -0.39 is 47.0 Å². The Balaban J connectivity index is 0.00000150. The summed E-state index contributed by atoms with van der Waals surface area (Å²) in [6.07, 6.45) is -9.93. The van der Waals surface area contributed by atoms with Crippen molar-refractivity contribution in [1.29, 1.82) is 0 Å². The molecule has 0 fully saturated rings. The summed E-state index contributed by atoms with van der Waals surface area (Å²) in [5, 5.41) is 19.7. The van der Waals surface area contributed by atoms with Crippen molar-refractivity contribution in [2.24, 2.45) is 5.41 Å². The Bertz CT molecular complexity index is 794. The fraction of sp³-hybridized carbons (Fsp3) is 0.526. The zero-order valence-corrected chi connectivity index (χ0v) is 18.2. The third kappa shape index (κ3) is 12.7. The van der Waals surface area contributed by atoms with E-state index in [-0.39, 0.29) is 18.0 Å². The Labute approximate surface area is 185 Å². The summed E-state index contributed by atoms with van der Waals surface area (Å²) in [6.45, 7) is 4.84. The minimum atomic E-state index is -4.96. The maximum absolute atomic E-state index is 12.8. The highest BCUT2D eigenvalue weighted by Gasteiger charge is 2.37. The summed E-state index contributed by atoms with van der Waals surface area (Å²) in [4.78, 5) is 32.1. The third-order valence-corrected chi connectivity index (χ3v) is 3.69. The highest BCUT2D eigenvalue weighted by atomic mass is 19.4. The lowest BCUT2D eigenvalue weighted by molar-refractivity contribution is -0.159. The summed E-state index contributed by atoms with van der Waals surface area (Å²) in [6, 6.07) is 0.962. The van der Waals surface area contributed by atoms with E-state index in [0.717, 1.165) is 6.54 Å². The maximum Gasteiger partial charge on any atom is 0.416 e. The molecule has 188 valence electrons. The van der Waals surface area contributed by atoms with Crippen molar-refractivity contribution in [2.75, 3.05) is 39.0 Å². The van der Waals surface area contributed by atoms with Gasteiger partial charge in [0.15, 0.2) is 0 Å². The molecule has 0 atom stereocenters. The molecule has 0 heterocycles. The van der Waals surface area contributed by atoms with Gasteiger partial charge in [0.2, 0.25) is 5.91 Å². The van der Waals surface area contributed by atoms with Crippen LogP contribution in [0.5, 0.6) is 0 Å². The number of hydrogen-bond donors (Lipinski definition) is 4. The van der Waals surface area contributed by atoms with Crippen molar-refractivity contribution in [2.45, 2.75) is 26.2 Å². The number of anilines is 1. The summed E-state index contributed by atoms with van der Waals surface area (Å²) < 4.78 is 76.9. The van der Waals surface area contributed by atoms with Gasteiger partial charge in [0.05, 0.1) is 17.7 Å². The molecule has 8 nitrogen and oxygen atoms in total. The number of aliphatic carboxylic acids is 2. The number of amides is 1. The van der Waals surface area contributed by atoms with Gasteiger partial charge in [-0.05, 0) is 37.7 Å². The van der Waals surface area contributed by atoms with E-state index in [0.29, 0.717) is 18.7 Å². The fourth-order valence-corrected chi connectivity index (χ4v) is 2.66. The number of benzene rings is 1. The Kier molecular flexibility index (Phi) is 10.8. The second kappa shape index (κ2) is 11.8. The molecule has 0 bridgehead atoms. The van der Waals surface area contributed by atoms with Crippen molar-refractivity contribution in [1.82, 2.24) is 10.2 Å². The third-order valence-electron chi connectivity index (χ3n) is 3.69. The number of carbonyl (C=O) groups excluding carboxylic acids is 1. The molecule has 1 rings (SSSR count). The van der Waals surface area contributed by atoms with Gasteiger partial charge in [0, 0.05) is 18.8 Å². The van der Waals surface area contributed by atoms with Gasteiger partial charge in [-0.15, -0.1) is 0 Å². The Hall–Kier alpha value is -2.87. The molecule has 0 aromatic heterocycles. The van der Waals surface area contributed by atoms with E-state index in [1.807, 2.05) is 32.8 Å². The molecule has 0 aliphatic rings. The second-order valence-electron chi connectivity index (χ2n) is 7.96. The quantitative estimate of drug-likeness (QED) is 0.344. The van der Waals surface area contributed by atoms with Gasteiger partial charge in [-0.2, -0.15) is 26.3 Å². The van der Waals surface area contributed by atoms with Gasteiger partial charge in [-0.1, -0.05) is 13.8 Å². The zero-order valence-electron chi connectivity index (χ0n) is 18.2. The molecule has 1 aromatic rings. The Morgan fingerprint density at radius 3 is 1.64 bits per heavy atom. The van der Waals surface area contributed by atoms with Gasteiger partial charge < -0.3 is 25.7 Å². The molecule has 1 aromatic carbocycles. The van der Waals surface area contributed by atoms with E-state index in [1.54, 1.807) is 0 Å². The van der Waals surface area contributed by atoms with Crippen LogP contribution < -0.4 is 10.6 Å². The monoisotopic (exact) mass is 489 g/mol. The van der Waals surface area contributed by atoms with E-state index in [2.05, 4.69) is 10.6 Å². The average Bonchev–Trinajstić information content (AvgIpc) is 2.58. The molecule has 33 heavy (non-hydrogen) atoms. The predicted molar refractivity (Wildman–Crippen MR) is 106 cm³/mol. The molecule has 0 saturated heterocycles. The molecule has 14 heteroatoms. The highest BCUT2D eigenvalue weighted by molar-refractivity contribution is 6.27. The van der Waals surface area contributed by atoms with Crippen LogP contribution in [0.25, 0.3) is 0 Å². The maximum atomic E-state index is 12.8. The minimum Gasteiger partial charge on any atom is -0.473 e. The lowest BCUT2D eigenvalue weighted by Gasteiger charge is -2.28. The normalized spacial score (nSPS) is 12.1. The van der Waals surface area contributed by atoms with Crippen LogP contribution in [0.2, 0.25) is 0 Å². The van der Waals surface area contributed by atoms with E-state index in [1.165, 1.54) is 0 Å². The first-order valence-electron chi connectivity index (χ1n) is 9.15. The molecule has 0 aliphatic carbocycles. The number of alkyl halides is 6. The lowest BCUT2D eigenvalue weighted by Crippen LogP contribution is -2.40. The first-order chi connectivity index (χ1) is 14.7. The van der Waals surface area contributed by atoms with Crippen molar-refractivity contribution in [3.05, 3.63) is 29.3 Å². The predicted octanol–water partition coefficient (Wildman–Crippen LogP) is 3.00. The molecule has 1 amide bonds. The number of nitrogens with one attached hydrogen (secondary N) is 2. The molecule has 0 saturated carbocycles. The number of carbonyl (C=O) groups is 3. The molecular weight excluding hydrogens is 464 g/mol. The Morgan fingerprint density at radius 2 is 1.30 bits per heavy atom. The molecule has 4 N–H and O–H groups in total. The van der Waals surface area contributed by atoms with Crippen molar-refractivity contribution in [3.63, 3.8) is 0 Å². The van der Waals surface area contributed by atoms with E-state index in [4.69, 9.17) is 19.8 Å². The first-order valence-corrected chi connectivity index (χ1v) is 9.15. The summed E-state index contributed by atoms with van der Waals surface area (Å²) >= 11 is 0. The summed E-state index contributed by atoms with van der Waals surface area (Å²) in [7, 11) is 3.78. The zero-order chi connectivity index (χ0) is 26.2. The van der Waals surface area contributed by atoms with Crippen LogP contribution in [0, 0.1) is 5.41 Å². The smallest absolute Gasteiger partial charge is 0.416 e. The summed E-state index contributed by atoms with van der Waals surface area (Å²) in [5.41, 5.74) is -3.69. The number of carboxylic acids is 2. The van der Waals surface area contributed by atoms with Crippen LogP contribution in [0.4, 0.5) is 32.0 Å². The largest absolute Gasteiger partial charge is 0.473 e. The number of hydrogen-bond acceptors (Lipinski definition) is 5. The van der Waals surface area contributed by atoms with Crippen LogP contribution in [0.15, 0.2) is 18.2 Å². The van der Waals surface area contributed by atoms with Crippen LogP contribution in [0.3, 0.4) is 0 Å². The van der Waals surface area contributed by atoms with Crippen LogP contribution in [0.1, 0.15) is 25.0 Å². The Morgan fingerprint density at radius 1 is 0.879 bits per heavy atom. The van der Waals surface area contributed by atoms with Gasteiger partial charge in [-0.25, -0.2) is 9.59 Å². The van der Waals surface area contributed by atoms with Gasteiger partial charge >= 0.3 is 24.3 Å². The van der Waals surface area contributed by atoms with Crippen molar-refractivity contribution in [3.8, 4) is 0 Å². The minimum absolute atomic E-state index is 0.0116. The van der Waals surface area contributed by atoms with Crippen LogP contribution in [-0.2, 0) is 26.7 Å². The molecular formula is C19H25F6N3O5. The van der Waals surface area contributed by atoms with E-state index in [9.17, 15) is 31.1 Å². The van der Waals surface area contributed by atoms with Crippen LogP contribution >= 0.6 is 0 Å². The first kappa shape index (κ1) is 30.1. The fourth-order valence-electron chi connectivity index (χ4n) is 2.66. The average molecular weight is 489 g/mol. The van der Waals surface area contributed by atoms with Crippen LogP contribution in [-0.4, -0.2) is 66.7 Å². The second-order valence-corrected chi connectivity index (χ2v) is 7.96. The van der Waals surface area contributed by atoms with Gasteiger partial charge in [0.1, 0.15) is 0 Å². The molecule has 0 unspecified atom stereocenters. The molecule has 0 aliphatic heterocycles. The van der Waals surface area contributed by atoms with Crippen molar-refractivity contribution < 1.29 is 50.9 Å². The SMILES string of the molecule is CN(C)CC(C)(C)CNCC(=O)Nc1cc(C(F)(F)F)cc(C(F)(F)F)c1.O=C(O)C(=O)O. The highest BCUT2D eigenvalue weighted by Crippen LogP contribution is 2.37. The topological polar surface area (TPSA) is 119 Å². The number of halogens is 6. The molecule has 0 radical (unpaired) electrons. The number of carboxylic acid groups (broad SMARTS) is 2. The molecule has 0 spiro atoms. The standard InChI is InChI=1S/C17H23F6N3O.C2H2O4/c1-15(2,10-26(3)4)9-24-8-14(27)25-13-6-11(16(18,19)20)5-12(7-13)17(21,22)23;3-1(4)2(5)6/h5-7,24H,8-10H2,1-4H3,(H,25,27);(H,3,4)(H,5,6). The lowest BCUT2D eigenvalue weighted by atomic mass is 9.93.